The predicted octanol–water partition coefficient (Wildman–Crippen LogP) is 3.52. The molecule has 0 bridgehead atoms. The van der Waals surface area contributed by atoms with Crippen LogP contribution in [0.15, 0.2) is 18.2 Å². The third kappa shape index (κ3) is 3.89. The molecule has 0 radical (unpaired) electrons. The van der Waals surface area contributed by atoms with E-state index < -0.39 is 17.6 Å². The monoisotopic (exact) mass is 300 g/mol. The Balaban J connectivity index is 2.18. The molecule has 6 heteroatoms. The summed E-state index contributed by atoms with van der Waals surface area (Å²) < 4.78 is 38.3. The minimum absolute atomic E-state index is 0.0416. The second-order valence-corrected chi connectivity index (χ2v) is 5.47. The van der Waals surface area contributed by atoms with Crippen LogP contribution in [-0.2, 0) is 6.18 Å². The summed E-state index contributed by atoms with van der Waals surface area (Å²) in [6.07, 6.45) is -3.40. The highest BCUT2D eigenvalue weighted by atomic mass is 19.4. The van der Waals surface area contributed by atoms with Crippen LogP contribution in [0.4, 0.5) is 18.9 Å². The number of carbonyl (C=O) groups is 1. The van der Waals surface area contributed by atoms with Gasteiger partial charge in [-0.25, -0.2) is 0 Å². The Morgan fingerprint density at radius 2 is 2.05 bits per heavy atom. The van der Waals surface area contributed by atoms with E-state index in [0.29, 0.717) is 30.6 Å². The zero-order valence-corrected chi connectivity index (χ0v) is 12.1. The summed E-state index contributed by atoms with van der Waals surface area (Å²) in [5, 5.41) is 5.64. The molecular formula is C15H19F3N2O. The molecule has 0 heterocycles. The van der Waals surface area contributed by atoms with Crippen molar-refractivity contribution >= 4 is 11.6 Å². The molecule has 116 valence electrons. The van der Waals surface area contributed by atoms with Crippen molar-refractivity contribution < 1.29 is 18.0 Å². The summed E-state index contributed by atoms with van der Waals surface area (Å²) in [5.41, 5.74) is -0.346. The van der Waals surface area contributed by atoms with Crippen LogP contribution in [0.2, 0.25) is 0 Å². The van der Waals surface area contributed by atoms with Crippen LogP contribution in [0.1, 0.15) is 36.2 Å². The number of alkyl halides is 3. The second-order valence-electron chi connectivity index (χ2n) is 5.47. The van der Waals surface area contributed by atoms with Crippen molar-refractivity contribution in [1.82, 2.24) is 5.32 Å². The Morgan fingerprint density at radius 1 is 1.38 bits per heavy atom. The molecule has 1 aliphatic rings. The van der Waals surface area contributed by atoms with Gasteiger partial charge in [0.25, 0.3) is 5.91 Å². The number of anilines is 1. The molecule has 0 aliphatic heterocycles. The molecular weight excluding hydrogens is 281 g/mol. The lowest BCUT2D eigenvalue weighted by Gasteiger charge is -2.14. The first-order valence-electron chi connectivity index (χ1n) is 7.06. The third-order valence-corrected chi connectivity index (χ3v) is 3.76. The Bertz CT molecular complexity index is 528. The van der Waals surface area contributed by atoms with Crippen molar-refractivity contribution in [3.63, 3.8) is 0 Å². The number of amides is 1. The van der Waals surface area contributed by atoms with Crippen LogP contribution in [0.25, 0.3) is 0 Å². The Morgan fingerprint density at radius 3 is 2.57 bits per heavy atom. The van der Waals surface area contributed by atoms with Crippen LogP contribution in [0.5, 0.6) is 0 Å². The summed E-state index contributed by atoms with van der Waals surface area (Å²) in [5.74, 6) is 0.568. The lowest BCUT2D eigenvalue weighted by atomic mass is 10.1. The molecule has 0 saturated heterocycles. The molecule has 3 nitrogen and oxygen atoms in total. The van der Waals surface area contributed by atoms with Crippen molar-refractivity contribution in [2.45, 2.75) is 26.4 Å². The van der Waals surface area contributed by atoms with Gasteiger partial charge in [0.1, 0.15) is 0 Å². The molecule has 0 aromatic heterocycles. The van der Waals surface area contributed by atoms with Gasteiger partial charge in [0, 0.05) is 18.8 Å². The SMILES string of the molecule is CCNc1ccc(C(F)(F)F)cc1C(=O)NCC1CC1C. The average Bonchev–Trinajstić information content (AvgIpc) is 3.11. The van der Waals surface area contributed by atoms with Gasteiger partial charge in [0.05, 0.1) is 11.1 Å². The van der Waals surface area contributed by atoms with Gasteiger partial charge in [-0.2, -0.15) is 13.2 Å². The third-order valence-electron chi connectivity index (χ3n) is 3.76. The fourth-order valence-corrected chi connectivity index (χ4v) is 2.26. The predicted molar refractivity (Wildman–Crippen MR) is 75.2 cm³/mol. The Labute approximate surface area is 121 Å². The van der Waals surface area contributed by atoms with Crippen LogP contribution in [0.3, 0.4) is 0 Å². The van der Waals surface area contributed by atoms with E-state index in [-0.39, 0.29) is 5.56 Å². The number of rotatable bonds is 5. The zero-order valence-electron chi connectivity index (χ0n) is 12.1. The van der Waals surface area contributed by atoms with Gasteiger partial charge in [-0.3, -0.25) is 4.79 Å². The van der Waals surface area contributed by atoms with Gasteiger partial charge in [0.15, 0.2) is 0 Å². The summed E-state index contributed by atoms with van der Waals surface area (Å²) in [6, 6.07) is 3.20. The maximum absolute atomic E-state index is 12.8. The molecule has 2 rings (SSSR count). The smallest absolute Gasteiger partial charge is 0.385 e. The summed E-state index contributed by atoms with van der Waals surface area (Å²) >= 11 is 0. The molecule has 1 amide bonds. The fraction of sp³-hybridized carbons (Fsp3) is 0.533. The number of benzene rings is 1. The number of hydrogen-bond acceptors (Lipinski definition) is 2. The normalized spacial score (nSPS) is 21.0. The van der Waals surface area contributed by atoms with E-state index >= 15 is 0 Å². The first-order chi connectivity index (χ1) is 9.82. The highest BCUT2D eigenvalue weighted by Gasteiger charge is 2.34. The number of carbonyl (C=O) groups excluding carboxylic acids is 1. The highest BCUT2D eigenvalue weighted by molar-refractivity contribution is 5.99. The van der Waals surface area contributed by atoms with E-state index in [0.717, 1.165) is 18.6 Å². The van der Waals surface area contributed by atoms with E-state index in [4.69, 9.17) is 0 Å². The second kappa shape index (κ2) is 5.95. The molecule has 0 spiro atoms. The van der Waals surface area contributed by atoms with E-state index in [9.17, 15) is 18.0 Å². The standard InChI is InChI=1S/C15H19F3N2O/c1-3-19-13-5-4-11(15(16,17)18)7-12(13)14(21)20-8-10-6-9(10)2/h4-5,7,9-10,19H,3,6,8H2,1-2H3,(H,20,21). The van der Waals surface area contributed by atoms with E-state index in [1.807, 2.05) is 6.92 Å². The van der Waals surface area contributed by atoms with E-state index in [1.165, 1.54) is 6.07 Å². The topological polar surface area (TPSA) is 41.1 Å². The molecule has 2 N–H and O–H groups in total. The van der Waals surface area contributed by atoms with Gasteiger partial charge in [-0.15, -0.1) is 0 Å². The molecule has 1 fully saturated rings. The van der Waals surface area contributed by atoms with Gasteiger partial charge in [-0.05, 0) is 43.4 Å². The largest absolute Gasteiger partial charge is 0.416 e. The Hall–Kier alpha value is -1.72. The quantitative estimate of drug-likeness (QED) is 0.873. The minimum Gasteiger partial charge on any atom is -0.385 e. The molecule has 1 aromatic carbocycles. The van der Waals surface area contributed by atoms with Crippen LogP contribution in [-0.4, -0.2) is 19.0 Å². The van der Waals surface area contributed by atoms with Gasteiger partial charge >= 0.3 is 6.18 Å². The van der Waals surface area contributed by atoms with Crippen LogP contribution in [0, 0.1) is 11.8 Å². The number of halogens is 3. The number of nitrogens with one attached hydrogen (secondary N) is 2. The first kappa shape index (κ1) is 15.7. The van der Waals surface area contributed by atoms with E-state index in [2.05, 4.69) is 17.6 Å². The summed E-state index contributed by atoms with van der Waals surface area (Å²) in [4.78, 5) is 12.1. The van der Waals surface area contributed by atoms with Crippen LogP contribution >= 0.6 is 0 Å². The average molecular weight is 300 g/mol. The lowest BCUT2D eigenvalue weighted by Crippen LogP contribution is -2.27. The molecule has 1 saturated carbocycles. The summed E-state index contributed by atoms with van der Waals surface area (Å²) in [7, 11) is 0. The molecule has 21 heavy (non-hydrogen) atoms. The molecule has 2 atom stereocenters. The molecule has 1 aliphatic carbocycles. The van der Waals surface area contributed by atoms with Gasteiger partial charge < -0.3 is 10.6 Å². The lowest BCUT2D eigenvalue weighted by molar-refractivity contribution is -0.137. The Kier molecular flexibility index (Phi) is 4.44. The maximum atomic E-state index is 12.8. The first-order valence-corrected chi connectivity index (χ1v) is 7.06. The number of hydrogen-bond donors (Lipinski definition) is 2. The van der Waals surface area contributed by atoms with Crippen molar-refractivity contribution in [3.8, 4) is 0 Å². The van der Waals surface area contributed by atoms with Crippen molar-refractivity contribution in [3.05, 3.63) is 29.3 Å². The molecule has 1 aromatic rings. The van der Waals surface area contributed by atoms with Gasteiger partial charge in [-0.1, -0.05) is 6.92 Å². The van der Waals surface area contributed by atoms with Crippen molar-refractivity contribution in [2.24, 2.45) is 11.8 Å². The highest BCUT2D eigenvalue weighted by Crippen LogP contribution is 2.37. The summed E-state index contributed by atoms with van der Waals surface area (Å²) in [6.45, 7) is 4.96. The van der Waals surface area contributed by atoms with Crippen molar-refractivity contribution in [2.75, 3.05) is 18.4 Å². The van der Waals surface area contributed by atoms with E-state index in [1.54, 1.807) is 0 Å². The minimum atomic E-state index is -4.45. The van der Waals surface area contributed by atoms with Crippen LogP contribution < -0.4 is 10.6 Å². The van der Waals surface area contributed by atoms with Gasteiger partial charge in [0.2, 0.25) is 0 Å². The maximum Gasteiger partial charge on any atom is 0.416 e. The fourth-order valence-electron chi connectivity index (χ4n) is 2.26. The molecule has 2 unspecified atom stereocenters. The van der Waals surface area contributed by atoms with Crippen molar-refractivity contribution in [1.29, 1.82) is 0 Å². The zero-order chi connectivity index (χ0) is 15.6.